The molecule has 1 aliphatic heterocycles. The van der Waals surface area contributed by atoms with Crippen LogP contribution in [0.2, 0.25) is 0 Å². The highest BCUT2D eigenvalue weighted by molar-refractivity contribution is 5.46. The maximum Gasteiger partial charge on any atom is 0.328 e. The lowest BCUT2D eigenvalue weighted by Crippen LogP contribution is -2.47. The fourth-order valence-electron chi connectivity index (χ4n) is 2.95. The summed E-state index contributed by atoms with van der Waals surface area (Å²) in [6.45, 7) is 4.30. The number of nitrogens with one attached hydrogen (secondary N) is 1. The van der Waals surface area contributed by atoms with Crippen LogP contribution >= 0.6 is 0 Å². The van der Waals surface area contributed by atoms with Crippen LogP contribution in [0, 0.1) is 5.82 Å². The van der Waals surface area contributed by atoms with E-state index in [-0.39, 0.29) is 11.4 Å². The van der Waals surface area contributed by atoms with Crippen LogP contribution in [0.25, 0.3) is 0 Å². The van der Waals surface area contributed by atoms with Crippen molar-refractivity contribution in [2.45, 2.75) is 6.42 Å². The Bertz CT molecular complexity index is 805. The van der Waals surface area contributed by atoms with Gasteiger partial charge >= 0.3 is 5.69 Å². The average Bonchev–Trinajstić information content (AvgIpc) is 2.60. The SMILES string of the molecule is Cn1c(=O)[nH]cc(CCN2CCN(c3ccc(F)cc3)CC2)c1=O. The van der Waals surface area contributed by atoms with Crippen molar-refractivity contribution < 1.29 is 4.39 Å². The van der Waals surface area contributed by atoms with Gasteiger partial charge in [-0.3, -0.25) is 14.3 Å². The predicted octanol–water partition coefficient (Wildman–Crippen LogP) is 0.577. The lowest BCUT2D eigenvalue weighted by molar-refractivity contribution is 0.260. The Balaban J connectivity index is 1.54. The van der Waals surface area contributed by atoms with Crippen LogP contribution in [-0.2, 0) is 13.5 Å². The molecule has 2 heterocycles. The quantitative estimate of drug-likeness (QED) is 0.890. The van der Waals surface area contributed by atoms with Gasteiger partial charge in [-0.1, -0.05) is 0 Å². The molecule has 6 nitrogen and oxygen atoms in total. The summed E-state index contributed by atoms with van der Waals surface area (Å²) in [5.41, 5.74) is 1.03. The first-order valence-electron chi connectivity index (χ1n) is 8.05. The molecule has 0 spiro atoms. The number of nitrogens with zero attached hydrogens (tertiary/aromatic N) is 3. The highest BCUT2D eigenvalue weighted by Crippen LogP contribution is 2.16. The average molecular weight is 332 g/mol. The molecule has 1 N–H and O–H groups in total. The van der Waals surface area contributed by atoms with Crippen molar-refractivity contribution in [3.63, 3.8) is 0 Å². The van der Waals surface area contributed by atoms with E-state index in [1.807, 2.05) is 0 Å². The normalized spacial score (nSPS) is 15.7. The fraction of sp³-hybridized carbons (Fsp3) is 0.412. The second kappa shape index (κ2) is 7.00. The van der Waals surface area contributed by atoms with Gasteiger partial charge < -0.3 is 9.88 Å². The summed E-state index contributed by atoms with van der Waals surface area (Å²) in [6, 6.07) is 6.56. The molecule has 0 amide bonds. The summed E-state index contributed by atoms with van der Waals surface area (Å²) in [5.74, 6) is -0.222. The molecule has 24 heavy (non-hydrogen) atoms. The standard InChI is InChI=1S/C17H21FN4O2/c1-20-16(23)13(12-19-17(20)24)6-7-21-8-10-22(11-9-21)15-4-2-14(18)3-5-15/h2-5,12H,6-11H2,1H3,(H,19,24). The number of hydrogen-bond acceptors (Lipinski definition) is 4. The van der Waals surface area contributed by atoms with E-state index in [4.69, 9.17) is 0 Å². The van der Waals surface area contributed by atoms with Gasteiger partial charge in [-0.25, -0.2) is 9.18 Å². The van der Waals surface area contributed by atoms with E-state index in [0.29, 0.717) is 12.0 Å². The lowest BCUT2D eigenvalue weighted by Gasteiger charge is -2.36. The van der Waals surface area contributed by atoms with Crippen LogP contribution in [0.15, 0.2) is 40.1 Å². The zero-order valence-electron chi connectivity index (χ0n) is 13.7. The number of rotatable bonds is 4. The van der Waals surface area contributed by atoms with Crippen LogP contribution in [-0.4, -0.2) is 47.2 Å². The smallest absolute Gasteiger partial charge is 0.328 e. The summed E-state index contributed by atoms with van der Waals surface area (Å²) in [7, 11) is 1.48. The van der Waals surface area contributed by atoms with Crippen molar-refractivity contribution in [2.24, 2.45) is 7.05 Å². The Morgan fingerprint density at radius 3 is 2.42 bits per heavy atom. The van der Waals surface area contributed by atoms with Gasteiger partial charge in [0.1, 0.15) is 5.82 Å². The number of H-pyrrole nitrogens is 1. The predicted molar refractivity (Wildman–Crippen MR) is 91.1 cm³/mol. The molecule has 1 aliphatic rings. The number of aromatic amines is 1. The molecule has 3 rings (SSSR count). The van der Waals surface area contributed by atoms with Crippen LogP contribution < -0.4 is 16.1 Å². The maximum absolute atomic E-state index is 13.0. The minimum absolute atomic E-state index is 0.222. The molecule has 1 aromatic carbocycles. The molecule has 1 aromatic heterocycles. The molecule has 0 unspecified atom stereocenters. The van der Waals surface area contributed by atoms with Gasteiger partial charge in [0.05, 0.1) is 0 Å². The Morgan fingerprint density at radius 1 is 1.08 bits per heavy atom. The minimum Gasteiger partial charge on any atom is -0.369 e. The molecule has 1 fully saturated rings. The van der Waals surface area contributed by atoms with Gasteiger partial charge in [0, 0.05) is 57.2 Å². The summed E-state index contributed by atoms with van der Waals surface area (Å²) in [5, 5.41) is 0. The monoisotopic (exact) mass is 332 g/mol. The molecule has 2 aromatic rings. The first-order chi connectivity index (χ1) is 11.5. The first-order valence-corrected chi connectivity index (χ1v) is 8.05. The van der Waals surface area contributed by atoms with Gasteiger partial charge in [0.25, 0.3) is 5.56 Å². The van der Waals surface area contributed by atoms with Crippen molar-refractivity contribution in [3.8, 4) is 0 Å². The molecule has 7 heteroatoms. The van der Waals surface area contributed by atoms with E-state index in [1.165, 1.54) is 25.4 Å². The van der Waals surface area contributed by atoms with E-state index in [9.17, 15) is 14.0 Å². The molecule has 128 valence electrons. The third-order valence-electron chi connectivity index (χ3n) is 4.52. The Labute approximate surface area is 139 Å². The maximum atomic E-state index is 13.0. The van der Waals surface area contributed by atoms with Crippen molar-refractivity contribution >= 4 is 5.69 Å². The zero-order chi connectivity index (χ0) is 17.1. The number of piperazine rings is 1. The minimum atomic E-state index is -0.392. The first kappa shape index (κ1) is 16.4. The summed E-state index contributed by atoms with van der Waals surface area (Å²) in [4.78, 5) is 30.5. The fourth-order valence-corrected chi connectivity index (χ4v) is 2.95. The number of benzene rings is 1. The van der Waals surface area contributed by atoms with Gasteiger partial charge in [0.2, 0.25) is 0 Å². The van der Waals surface area contributed by atoms with Gasteiger partial charge in [-0.2, -0.15) is 0 Å². The van der Waals surface area contributed by atoms with Gasteiger partial charge in [-0.15, -0.1) is 0 Å². The van der Waals surface area contributed by atoms with E-state index < -0.39 is 5.69 Å². The highest BCUT2D eigenvalue weighted by atomic mass is 19.1. The summed E-state index contributed by atoms with van der Waals surface area (Å²) in [6.07, 6.45) is 2.12. The second-order valence-electron chi connectivity index (χ2n) is 6.04. The van der Waals surface area contributed by atoms with Gasteiger partial charge in [-0.05, 0) is 30.7 Å². The third kappa shape index (κ3) is 3.56. The Hall–Kier alpha value is -2.41. The van der Waals surface area contributed by atoms with E-state index in [0.717, 1.165) is 43.0 Å². The van der Waals surface area contributed by atoms with Crippen LogP contribution in [0.4, 0.5) is 10.1 Å². The third-order valence-corrected chi connectivity index (χ3v) is 4.52. The number of aromatic nitrogens is 2. The molecule has 0 saturated carbocycles. The van der Waals surface area contributed by atoms with E-state index in [1.54, 1.807) is 12.1 Å². The highest BCUT2D eigenvalue weighted by Gasteiger charge is 2.17. The largest absolute Gasteiger partial charge is 0.369 e. The molecule has 0 bridgehead atoms. The zero-order valence-corrected chi connectivity index (χ0v) is 13.7. The van der Waals surface area contributed by atoms with E-state index >= 15 is 0 Å². The second-order valence-corrected chi connectivity index (χ2v) is 6.04. The number of anilines is 1. The van der Waals surface area contributed by atoms with Crippen LogP contribution in [0.1, 0.15) is 5.56 Å². The van der Waals surface area contributed by atoms with Crippen molar-refractivity contribution in [3.05, 3.63) is 62.7 Å². The van der Waals surface area contributed by atoms with Crippen molar-refractivity contribution in [1.29, 1.82) is 0 Å². The van der Waals surface area contributed by atoms with Crippen molar-refractivity contribution in [1.82, 2.24) is 14.5 Å². The van der Waals surface area contributed by atoms with Gasteiger partial charge in [0.15, 0.2) is 0 Å². The molecule has 0 aliphatic carbocycles. The van der Waals surface area contributed by atoms with E-state index in [2.05, 4.69) is 14.8 Å². The molecular weight excluding hydrogens is 311 g/mol. The Morgan fingerprint density at radius 2 is 1.75 bits per heavy atom. The number of halogens is 1. The van der Waals surface area contributed by atoms with Crippen molar-refractivity contribution in [2.75, 3.05) is 37.6 Å². The topological polar surface area (TPSA) is 61.3 Å². The molecule has 0 atom stereocenters. The molecular formula is C17H21FN4O2. The Kier molecular flexibility index (Phi) is 4.80. The summed E-state index contributed by atoms with van der Waals surface area (Å²) >= 11 is 0. The van der Waals surface area contributed by atoms with Crippen LogP contribution in [0.5, 0.6) is 0 Å². The van der Waals surface area contributed by atoms with Crippen LogP contribution in [0.3, 0.4) is 0 Å². The molecule has 1 saturated heterocycles. The number of hydrogen-bond donors (Lipinski definition) is 1. The lowest BCUT2D eigenvalue weighted by atomic mass is 10.2. The summed E-state index contributed by atoms with van der Waals surface area (Å²) < 4.78 is 14.1. The molecule has 0 radical (unpaired) electrons.